The van der Waals surface area contributed by atoms with Crippen LogP contribution >= 0.6 is 0 Å². The van der Waals surface area contributed by atoms with Crippen molar-refractivity contribution in [3.05, 3.63) is 39.9 Å². The number of nitrogens with zero attached hydrogens (tertiary/aromatic N) is 1. The minimum Gasteiger partial charge on any atom is -0.480 e. The number of carbonyl (C=O) groups is 1. The van der Waals surface area contributed by atoms with Crippen LogP contribution in [0.2, 0.25) is 0 Å². The van der Waals surface area contributed by atoms with Gasteiger partial charge in [0.1, 0.15) is 11.6 Å². The molecule has 1 aromatic rings. The highest BCUT2D eigenvalue weighted by molar-refractivity contribution is 5.80. The van der Waals surface area contributed by atoms with Gasteiger partial charge in [-0.2, -0.15) is 0 Å². The van der Waals surface area contributed by atoms with Crippen LogP contribution in [0.4, 0.5) is 5.69 Å². The number of hydrogen-bond acceptors (Lipinski definition) is 5. The Morgan fingerprint density at radius 2 is 2.11 bits per heavy atom. The van der Waals surface area contributed by atoms with Crippen LogP contribution in [0.3, 0.4) is 0 Å². The number of nitro benzene ring substituents is 1. The molecule has 2 atom stereocenters. The molecule has 1 aromatic carbocycles. The number of rotatable bonds is 3. The SMILES string of the molecule is N[C@@]1(C(=O)O)CCO[C@@H]1c1ccc([N+](=O)[O-])cc1. The van der Waals surface area contributed by atoms with E-state index in [1.165, 1.54) is 24.3 Å². The third-order valence-corrected chi connectivity index (χ3v) is 3.07. The Labute approximate surface area is 102 Å². The molecule has 0 amide bonds. The van der Waals surface area contributed by atoms with Gasteiger partial charge >= 0.3 is 5.97 Å². The summed E-state index contributed by atoms with van der Waals surface area (Å²) in [6.07, 6.45) is -0.569. The van der Waals surface area contributed by atoms with Crippen molar-refractivity contribution in [2.75, 3.05) is 6.61 Å². The molecule has 1 fully saturated rings. The molecule has 7 nitrogen and oxygen atoms in total. The predicted octanol–water partition coefficient (Wildman–Crippen LogP) is 0.838. The maximum Gasteiger partial charge on any atom is 0.326 e. The highest BCUT2D eigenvalue weighted by Crippen LogP contribution is 2.37. The molecule has 3 N–H and O–H groups in total. The first kappa shape index (κ1) is 12.5. The lowest BCUT2D eigenvalue weighted by molar-refractivity contribution is -0.384. The minimum absolute atomic E-state index is 0.0605. The number of aliphatic carboxylic acids is 1. The summed E-state index contributed by atoms with van der Waals surface area (Å²) < 4.78 is 5.34. The fourth-order valence-corrected chi connectivity index (χ4v) is 2.01. The first-order valence-electron chi connectivity index (χ1n) is 5.33. The van der Waals surface area contributed by atoms with Gasteiger partial charge in [0.25, 0.3) is 5.69 Å². The topological polar surface area (TPSA) is 116 Å². The van der Waals surface area contributed by atoms with Gasteiger partial charge in [0.15, 0.2) is 0 Å². The van der Waals surface area contributed by atoms with Gasteiger partial charge in [0.2, 0.25) is 0 Å². The second-order valence-electron chi connectivity index (χ2n) is 4.19. The Kier molecular flexibility index (Phi) is 3.02. The molecule has 1 heterocycles. The zero-order valence-corrected chi connectivity index (χ0v) is 9.41. The van der Waals surface area contributed by atoms with E-state index in [4.69, 9.17) is 15.6 Å². The second-order valence-corrected chi connectivity index (χ2v) is 4.19. The smallest absolute Gasteiger partial charge is 0.326 e. The summed E-state index contributed by atoms with van der Waals surface area (Å²) in [7, 11) is 0. The Balaban J connectivity index is 2.31. The second kappa shape index (κ2) is 4.35. The molecule has 0 aromatic heterocycles. The monoisotopic (exact) mass is 252 g/mol. The molecule has 0 aliphatic carbocycles. The Hall–Kier alpha value is -1.99. The van der Waals surface area contributed by atoms with E-state index in [1.807, 2.05) is 0 Å². The van der Waals surface area contributed by atoms with E-state index in [0.717, 1.165) is 0 Å². The lowest BCUT2D eigenvalue weighted by Gasteiger charge is -2.25. The molecular weight excluding hydrogens is 240 g/mol. The Morgan fingerprint density at radius 3 is 2.61 bits per heavy atom. The molecule has 0 radical (unpaired) electrons. The van der Waals surface area contributed by atoms with E-state index >= 15 is 0 Å². The van der Waals surface area contributed by atoms with E-state index in [-0.39, 0.29) is 18.7 Å². The molecule has 2 rings (SSSR count). The minimum atomic E-state index is -1.48. The zero-order valence-electron chi connectivity index (χ0n) is 9.41. The van der Waals surface area contributed by atoms with Gasteiger partial charge in [0, 0.05) is 25.2 Å². The fraction of sp³-hybridized carbons (Fsp3) is 0.364. The van der Waals surface area contributed by atoms with Crippen molar-refractivity contribution in [2.45, 2.75) is 18.1 Å². The molecule has 1 aliphatic heterocycles. The molecule has 0 spiro atoms. The van der Waals surface area contributed by atoms with Crippen LogP contribution in [-0.2, 0) is 9.53 Å². The number of nitro groups is 1. The van der Waals surface area contributed by atoms with Crippen molar-refractivity contribution < 1.29 is 19.6 Å². The summed E-state index contributed by atoms with van der Waals surface area (Å²) >= 11 is 0. The van der Waals surface area contributed by atoms with Crippen LogP contribution in [0, 0.1) is 10.1 Å². The number of ether oxygens (including phenoxy) is 1. The third kappa shape index (κ3) is 1.93. The molecule has 0 bridgehead atoms. The molecule has 0 unspecified atom stereocenters. The quantitative estimate of drug-likeness (QED) is 0.608. The van der Waals surface area contributed by atoms with Gasteiger partial charge in [0.05, 0.1) is 4.92 Å². The summed E-state index contributed by atoms with van der Waals surface area (Å²) in [5.74, 6) is -1.14. The fourth-order valence-electron chi connectivity index (χ4n) is 2.01. The van der Waals surface area contributed by atoms with Crippen molar-refractivity contribution in [2.24, 2.45) is 5.73 Å². The van der Waals surface area contributed by atoms with Crippen LogP contribution < -0.4 is 5.73 Å². The zero-order chi connectivity index (χ0) is 13.3. The summed E-state index contributed by atoms with van der Waals surface area (Å²) in [5, 5.41) is 19.7. The first-order valence-corrected chi connectivity index (χ1v) is 5.33. The maximum absolute atomic E-state index is 11.2. The molecule has 7 heteroatoms. The van der Waals surface area contributed by atoms with Gasteiger partial charge in [-0.05, 0) is 17.7 Å². The van der Waals surface area contributed by atoms with Crippen molar-refractivity contribution in [1.82, 2.24) is 0 Å². The van der Waals surface area contributed by atoms with Crippen molar-refractivity contribution >= 4 is 11.7 Å². The summed E-state index contributed by atoms with van der Waals surface area (Å²) in [6.45, 7) is 0.254. The number of carboxylic acids is 1. The highest BCUT2D eigenvalue weighted by atomic mass is 16.6. The van der Waals surface area contributed by atoms with Gasteiger partial charge < -0.3 is 15.6 Å². The van der Waals surface area contributed by atoms with Crippen LogP contribution in [0.25, 0.3) is 0 Å². The molecular formula is C11H12N2O5. The Morgan fingerprint density at radius 1 is 1.50 bits per heavy atom. The molecule has 1 saturated heterocycles. The molecule has 96 valence electrons. The van der Waals surface area contributed by atoms with Crippen molar-refractivity contribution in [3.63, 3.8) is 0 Å². The van der Waals surface area contributed by atoms with E-state index < -0.39 is 22.5 Å². The van der Waals surface area contributed by atoms with Gasteiger partial charge in [-0.1, -0.05) is 0 Å². The lowest BCUT2D eigenvalue weighted by atomic mass is 9.88. The number of benzene rings is 1. The summed E-state index contributed by atoms with van der Waals surface area (Å²) in [4.78, 5) is 21.2. The van der Waals surface area contributed by atoms with Crippen molar-refractivity contribution in [1.29, 1.82) is 0 Å². The van der Waals surface area contributed by atoms with Crippen LogP contribution in [0.5, 0.6) is 0 Å². The van der Waals surface area contributed by atoms with Gasteiger partial charge in [-0.25, -0.2) is 0 Å². The Bertz CT molecular complexity index is 487. The highest BCUT2D eigenvalue weighted by Gasteiger charge is 2.48. The van der Waals surface area contributed by atoms with E-state index in [2.05, 4.69) is 0 Å². The largest absolute Gasteiger partial charge is 0.480 e. The average molecular weight is 252 g/mol. The maximum atomic E-state index is 11.2. The first-order chi connectivity index (χ1) is 8.45. The molecule has 0 saturated carbocycles. The number of nitrogens with two attached hydrogens (primary N) is 1. The van der Waals surface area contributed by atoms with E-state index in [9.17, 15) is 14.9 Å². The lowest BCUT2D eigenvalue weighted by Crippen LogP contribution is -2.50. The standard InChI is InChI=1S/C11H12N2O5/c12-11(10(14)15)5-6-18-9(11)7-1-3-8(4-2-7)13(16)17/h1-4,9H,5-6,12H2,(H,14,15)/t9-,11+/m1/s1. The summed E-state index contributed by atoms with van der Waals surface area (Å²) in [5.41, 5.74) is 4.81. The van der Waals surface area contributed by atoms with E-state index in [0.29, 0.717) is 5.56 Å². The average Bonchev–Trinajstić information content (AvgIpc) is 2.73. The van der Waals surface area contributed by atoms with Crippen LogP contribution in [0.15, 0.2) is 24.3 Å². The van der Waals surface area contributed by atoms with Crippen LogP contribution in [0.1, 0.15) is 18.1 Å². The van der Waals surface area contributed by atoms with Crippen LogP contribution in [-0.4, -0.2) is 28.1 Å². The van der Waals surface area contributed by atoms with Gasteiger partial charge in [-0.15, -0.1) is 0 Å². The number of hydrogen-bond donors (Lipinski definition) is 2. The van der Waals surface area contributed by atoms with Crippen molar-refractivity contribution in [3.8, 4) is 0 Å². The number of carboxylic acid groups (broad SMARTS) is 1. The third-order valence-electron chi connectivity index (χ3n) is 3.07. The molecule has 1 aliphatic rings. The molecule has 18 heavy (non-hydrogen) atoms. The number of non-ortho nitro benzene ring substituents is 1. The summed E-state index contributed by atoms with van der Waals surface area (Å²) in [6, 6.07) is 5.55. The normalized spacial score (nSPS) is 27.1. The van der Waals surface area contributed by atoms with E-state index in [1.54, 1.807) is 0 Å². The predicted molar refractivity (Wildman–Crippen MR) is 61.0 cm³/mol. The van der Waals surface area contributed by atoms with Gasteiger partial charge in [-0.3, -0.25) is 14.9 Å².